The van der Waals surface area contributed by atoms with Crippen molar-refractivity contribution in [3.8, 4) is 6.07 Å². The minimum absolute atomic E-state index is 0.269. The number of carbonyl (C=O) groups is 1. The highest BCUT2D eigenvalue weighted by atomic mass is 19.1. The summed E-state index contributed by atoms with van der Waals surface area (Å²) >= 11 is 0. The number of non-ortho nitro benzene ring substituents is 1. The number of rotatable bonds is 3. The van der Waals surface area contributed by atoms with Gasteiger partial charge in [-0.15, -0.1) is 0 Å². The predicted octanol–water partition coefficient (Wildman–Crippen LogP) is 3.15. The van der Waals surface area contributed by atoms with E-state index in [1.807, 2.05) is 6.07 Å². The zero-order valence-electron chi connectivity index (χ0n) is 11.3. The predicted molar refractivity (Wildman–Crippen MR) is 72.8 cm³/mol. The number of anilines is 1. The Morgan fingerprint density at radius 2 is 2.05 bits per heavy atom. The molecule has 21 heavy (non-hydrogen) atoms. The Hall–Kier alpha value is -2.49. The first-order valence-corrected chi connectivity index (χ1v) is 6.65. The molecule has 6 nitrogen and oxygen atoms in total. The van der Waals surface area contributed by atoms with Crippen molar-refractivity contribution in [3.05, 3.63) is 34.1 Å². The molecule has 1 aromatic rings. The quantitative estimate of drug-likeness (QED) is 0.683. The second-order valence-electron chi connectivity index (χ2n) is 5.13. The zero-order chi connectivity index (χ0) is 15.5. The number of nitro benzene ring substituents is 1. The van der Waals surface area contributed by atoms with E-state index in [0.29, 0.717) is 12.8 Å². The fraction of sp³-hybridized carbons (Fsp3) is 0.429. The van der Waals surface area contributed by atoms with Gasteiger partial charge in [0.1, 0.15) is 11.2 Å². The topological polar surface area (TPSA) is 96.0 Å². The van der Waals surface area contributed by atoms with Crippen molar-refractivity contribution in [2.75, 3.05) is 5.32 Å². The molecule has 0 atom stereocenters. The van der Waals surface area contributed by atoms with Gasteiger partial charge >= 0.3 is 0 Å². The Balaban J connectivity index is 2.25. The van der Waals surface area contributed by atoms with Gasteiger partial charge in [-0.05, 0) is 18.9 Å². The highest BCUT2D eigenvalue weighted by Crippen LogP contribution is 2.37. The third kappa shape index (κ3) is 2.99. The van der Waals surface area contributed by atoms with Gasteiger partial charge in [0.15, 0.2) is 0 Å². The molecule has 1 amide bonds. The van der Waals surface area contributed by atoms with E-state index >= 15 is 0 Å². The summed E-state index contributed by atoms with van der Waals surface area (Å²) in [5, 5.41) is 22.3. The Labute approximate surface area is 120 Å². The molecular weight excluding hydrogens is 277 g/mol. The minimum Gasteiger partial charge on any atom is -0.322 e. The lowest BCUT2D eigenvalue weighted by Gasteiger charge is -2.29. The first-order chi connectivity index (χ1) is 9.98. The number of benzene rings is 1. The van der Waals surface area contributed by atoms with Gasteiger partial charge in [0.05, 0.1) is 16.7 Å². The van der Waals surface area contributed by atoms with Crippen LogP contribution in [0.2, 0.25) is 0 Å². The van der Waals surface area contributed by atoms with Crippen LogP contribution in [0, 0.1) is 32.7 Å². The fourth-order valence-corrected chi connectivity index (χ4v) is 2.51. The Kier molecular flexibility index (Phi) is 4.17. The monoisotopic (exact) mass is 291 g/mol. The summed E-state index contributed by atoms with van der Waals surface area (Å²) in [5.74, 6) is -1.36. The van der Waals surface area contributed by atoms with E-state index in [4.69, 9.17) is 0 Å². The van der Waals surface area contributed by atoms with Crippen LogP contribution >= 0.6 is 0 Å². The molecule has 1 fully saturated rings. The van der Waals surface area contributed by atoms with E-state index in [0.717, 1.165) is 37.5 Å². The molecule has 0 spiro atoms. The summed E-state index contributed by atoms with van der Waals surface area (Å²) in [4.78, 5) is 22.3. The molecule has 0 saturated heterocycles. The molecule has 0 unspecified atom stereocenters. The molecule has 2 rings (SSSR count). The first kappa shape index (κ1) is 14.9. The third-order valence-corrected chi connectivity index (χ3v) is 3.76. The van der Waals surface area contributed by atoms with Crippen LogP contribution in [0.25, 0.3) is 0 Å². The summed E-state index contributed by atoms with van der Waals surface area (Å²) < 4.78 is 13.7. The average molecular weight is 291 g/mol. The van der Waals surface area contributed by atoms with E-state index in [2.05, 4.69) is 5.32 Å². The van der Waals surface area contributed by atoms with Crippen molar-refractivity contribution in [2.45, 2.75) is 32.1 Å². The smallest absolute Gasteiger partial charge is 0.271 e. The molecule has 1 aliphatic rings. The van der Waals surface area contributed by atoms with Gasteiger partial charge < -0.3 is 5.32 Å². The highest BCUT2D eigenvalue weighted by Gasteiger charge is 2.40. The van der Waals surface area contributed by atoms with Crippen molar-refractivity contribution in [2.24, 2.45) is 5.41 Å². The SMILES string of the molecule is N#CC1(C(=O)Nc2cc([N+](=O)[O-])ccc2F)CCCCC1. The van der Waals surface area contributed by atoms with E-state index < -0.39 is 22.1 Å². The second-order valence-corrected chi connectivity index (χ2v) is 5.13. The highest BCUT2D eigenvalue weighted by molar-refractivity contribution is 5.97. The number of nitrogens with one attached hydrogen (secondary N) is 1. The number of hydrogen-bond acceptors (Lipinski definition) is 4. The molecule has 0 bridgehead atoms. The minimum atomic E-state index is -1.17. The Bertz CT molecular complexity index is 618. The summed E-state index contributed by atoms with van der Waals surface area (Å²) in [7, 11) is 0. The summed E-state index contributed by atoms with van der Waals surface area (Å²) in [6, 6.07) is 4.93. The van der Waals surface area contributed by atoms with E-state index in [-0.39, 0.29) is 11.4 Å². The normalized spacial score (nSPS) is 16.8. The third-order valence-electron chi connectivity index (χ3n) is 3.76. The molecule has 1 aliphatic carbocycles. The van der Waals surface area contributed by atoms with E-state index in [9.17, 15) is 24.6 Å². The number of hydrogen-bond donors (Lipinski definition) is 1. The summed E-state index contributed by atoms with van der Waals surface area (Å²) in [5.41, 5.74) is -1.76. The molecule has 1 aromatic carbocycles. The fourth-order valence-electron chi connectivity index (χ4n) is 2.51. The lowest BCUT2D eigenvalue weighted by molar-refractivity contribution is -0.384. The Morgan fingerprint density at radius 3 is 2.62 bits per heavy atom. The van der Waals surface area contributed by atoms with Gasteiger partial charge in [-0.1, -0.05) is 19.3 Å². The van der Waals surface area contributed by atoms with E-state index in [1.54, 1.807) is 0 Å². The molecule has 1 saturated carbocycles. The molecular formula is C14H14FN3O3. The van der Waals surface area contributed by atoms with Crippen LogP contribution in [0.4, 0.5) is 15.8 Å². The van der Waals surface area contributed by atoms with Crippen LogP contribution in [0.5, 0.6) is 0 Å². The van der Waals surface area contributed by atoms with Crippen molar-refractivity contribution < 1.29 is 14.1 Å². The number of carbonyl (C=O) groups excluding carboxylic acids is 1. The van der Waals surface area contributed by atoms with Gasteiger partial charge in [-0.3, -0.25) is 14.9 Å². The van der Waals surface area contributed by atoms with Crippen LogP contribution in [0.3, 0.4) is 0 Å². The van der Waals surface area contributed by atoms with Crippen molar-refractivity contribution in [3.63, 3.8) is 0 Å². The van der Waals surface area contributed by atoms with E-state index in [1.165, 1.54) is 0 Å². The van der Waals surface area contributed by atoms with Crippen LogP contribution in [0.15, 0.2) is 18.2 Å². The number of nitrogens with zero attached hydrogens (tertiary/aromatic N) is 2. The number of halogens is 1. The largest absolute Gasteiger partial charge is 0.322 e. The zero-order valence-corrected chi connectivity index (χ0v) is 11.3. The van der Waals surface area contributed by atoms with Crippen LogP contribution in [-0.2, 0) is 4.79 Å². The molecule has 1 N–H and O–H groups in total. The molecule has 0 radical (unpaired) electrons. The molecule has 7 heteroatoms. The maximum Gasteiger partial charge on any atom is 0.271 e. The Morgan fingerprint density at radius 1 is 1.38 bits per heavy atom. The van der Waals surface area contributed by atoms with Crippen LogP contribution < -0.4 is 5.32 Å². The second kappa shape index (κ2) is 5.87. The molecule has 0 aliphatic heterocycles. The number of nitriles is 1. The van der Waals surface area contributed by atoms with Crippen molar-refractivity contribution in [1.82, 2.24) is 0 Å². The number of nitro groups is 1. The maximum atomic E-state index is 13.7. The summed E-state index contributed by atoms with van der Waals surface area (Å²) in [6.45, 7) is 0. The first-order valence-electron chi connectivity index (χ1n) is 6.65. The molecule has 0 aromatic heterocycles. The molecule has 0 heterocycles. The van der Waals surface area contributed by atoms with Crippen molar-refractivity contribution in [1.29, 1.82) is 5.26 Å². The standard InChI is InChI=1S/C14H14FN3O3/c15-11-5-4-10(18(20)21)8-12(11)17-13(19)14(9-16)6-2-1-3-7-14/h4-5,8H,1-3,6-7H2,(H,17,19). The number of amides is 1. The van der Waals surface area contributed by atoms with Crippen molar-refractivity contribution >= 4 is 17.3 Å². The lowest BCUT2D eigenvalue weighted by atomic mass is 9.74. The van der Waals surface area contributed by atoms with Gasteiger partial charge in [0.25, 0.3) is 5.69 Å². The van der Waals surface area contributed by atoms with Crippen LogP contribution in [-0.4, -0.2) is 10.8 Å². The summed E-state index contributed by atoms with van der Waals surface area (Å²) in [6.07, 6.45) is 3.33. The maximum absolute atomic E-state index is 13.7. The average Bonchev–Trinajstić information content (AvgIpc) is 2.49. The van der Waals surface area contributed by atoms with Gasteiger partial charge in [0, 0.05) is 12.1 Å². The van der Waals surface area contributed by atoms with Gasteiger partial charge in [-0.25, -0.2) is 4.39 Å². The lowest BCUT2D eigenvalue weighted by Crippen LogP contribution is -2.37. The van der Waals surface area contributed by atoms with Gasteiger partial charge in [0.2, 0.25) is 5.91 Å². The van der Waals surface area contributed by atoms with Gasteiger partial charge in [-0.2, -0.15) is 5.26 Å². The molecule has 110 valence electrons. The van der Waals surface area contributed by atoms with Crippen LogP contribution in [0.1, 0.15) is 32.1 Å².